The second-order valence-electron chi connectivity index (χ2n) is 8.09. The zero-order chi connectivity index (χ0) is 23.7. The molecule has 4 aromatic rings. The summed E-state index contributed by atoms with van der Waals surface area (Å²) in [5, 5.41) is 4.13. The molecule has 34 heavy (non-hydrogen) atoms. The molecule has 0 aliphatic carbocycles. The van der Waals surface area contributed by atoms with Crippen LogP contribution in [0.15, 0.2) is 59.0 Å². The Morgan fingerprint density at radius 3 is 2.71 bits per heavy atom. The molecule has 0 fully saturated rings. The molecule has 0 unspecified atom stereocenters. The van der Waals surface area contributed by atoms with Crippen LogP contribution in [0.1, 0.15) is 36.9 Å². The lowest BCUT2D eigenvalue weighted by molar-refractivity contribution is 0.0600. The minimum absolute atomic E-state index is 0.146. The van der Waals surface area contributed by atoms with E-state index in [4.69, 9.17) is 13.9 Å². The third-order valence-corrected chi connectivity index (χ3v) is 7.09. The number of carbonyl (C=O) groups is 2. The van der Waals surface area contributed by atoms with E-state index in [2.05, 4.69) is 22.3 Å². The summed E-state index contributed by atoms with van der Waals surface area (Å²) in [6.07, 6.45) is 0.709. The number of esters is 1. The van der Waals surface area contributed by atoms with Crippen LogP contribution in [0.4, 0.5) is 5.00 Å². The Labute approximate surface area is 200 Å². The molecular formula is C26H24N2O5S. The number of rotatable bonds is 6. The molecule has 174 valence electrons. The average molecular weight is 477 g/mol. The molecule has 1 aliphatic heterocycles. The van der Waals surface area contributed by atoms with Crippen LogP contribution >= 0.6 is 11.3 Å². The van der Waals surface area contributed by atoms with E-state index in [-0.39, 0.29) is 5.76 Å². The van der Waals surface area contributed by atoms with Gasteiger partial charge in [0.05, 0.1) is 19.8 Å². The number of ether oxygens (including phenoxy) is 2. The summed E-state index contributed by atoms with van der Waals surface area (Å²) in [5.74, 6) is -0.178. The number of benzene rings is 2. The highest BCUT2D eigenvalue weighted by Gasteiger charge is 2.30. The number of fused-ring (bicyclic) bond motifs is 2. The molecule has 5 rings (SSSR count). The van der Waals surface area contributed by atoms with Gasteiger partial charge in [0.2, 0.25) is 0 Å². The summed E-state index contributed by atoms with van der Waals surface area (Å²) in [6.45, 7) is 2.35. The summed E-state index contributed by atoms with van der Waals surface area (Å²) in [4.78, 5) is 29.1. The maximum absolute atomic E-state index is 13.1. The monoisotopic (exact) mass is 476 g/mol. The smallest absolute Gasteiger partial charge is 0.341 e. The number of methoxy groups -OCH3 is 2. The Hall–Kier alpha value is -3.62. The van der Waals surface area contributed by atoms with Crippen molar-refractivity contribution >= 4 is 39.2 Å². The first-order valence-corrected chi connectivity index (χ1v) is 11.8. The van der Waals surface area contributed by atoms with Crippen molar-refractivity contribution in [2.24, 2.45) is 0 Å². The van der Waals surface area contributed by atoms with Gasteiger partial charge in [-0.2, -0.15) is 0 Å². The standard InChI is InChI=1S/C26H24N2O5S/c1-31-19-10-6-9-17-13-20(33-23(17)19)24(29)27-25-22(26(30)32-2)18-11-12-28(15-21(18)34-25)14-16-7-4-3-5-8-16/h3-10,13H,11-12,14-15H2,1-2H3,(H,27,29). The molecule has 0 bridgehead atoms. The normalized spacial score (nSPS) is 13.5. The van der Waals surface area contributed by atoms with Crippen LogP contribution in [0.2, 0.25) is 0 Å². The Kier molecular flexibility index (Phi) is 6.08. The lowest BCUT2D eigenvalue weighted by Crippen LogP contribution is -2.29. The van der Waals surface area contributed by atoms with E-state index in [0.717, 1.165) is 28.9 Å². The highest BCUT2D eigenvalue weighted by Crippen LogP contribution is 2.38. The van der Waals surface area contributed by atoms with Gasteiger partial charge >= 0.3 is 5.97 Å². The highest BCUT2D eigenvalue weighted by atomic mass is 32.1. The van der Waals surface area contributed by atoms with Gasteiger partial charge in [0.15, 0.2) is 17.1 Å². The first-order chi connectivity index (χ1) is 16.6. The van der Waals surface area contributed by atoms with Crippen LogP contribution in [-0.2, 0) is 24.2 Å². The van der Waals surface area contributed by atoms with E-state index < -0.39 is 11.9 Å². The fourth-order valence-electron chi connectivity index (χ4n) is 4.31. The van der Waals surface area contributed by atoms with Gasteiger partial charge in [0, 0.05) is 29.9 Å². The van der Waals surface area contributed by atoms with Crippen molar-refractivity contribution in [3.8, 4) is 5.75 Å². The van der Waals surface area contributed by atoms with Crippen molar-refractivity contribution in [1.82, 2.24) is 4.90 Å². The second-order valence-corrected chi connectivity index (χ2v) is 9.19. The Morgan fingerprint density at radius 2 is 1.94 bits per heavy atom. The zero-order valence-corrected chi connectivity index (χ0v) is 19.7. The van der Waals surface area contributed by atoms with E-state index in [1.54, 1.807) is 19.2 Å². The molecule has 1 amide bonds. The predicted octanol–water partition coefficient (Wildman–Crippen LogP) is 5.10. The van der Waals surface area contributed by atoms with E-state index in [1.165, 1.54) is 24.0 Å². The summed E-state index contributed by atoms with van der Waals surface area (Å²) in [6, 6.07) is 17.4. The highest BCUT2D eigenvalue weighted by molar-refractivity contribution is 7.17. The van der Waals surface area contributed by atoms with Crippen LogP contribution in [0.5, 0.6) is 5.75 Å². The quantitative estimate of drug-likeness (QED) is 0.390. The van der Waals surface area contributed by atoms with Gasteiger partial charge in [-0.3, -0.25) is 9.69 Å². The number of furan rings is 1. The number of hydrogen-bond acceptors (Lipinski definition) is 7. The van der Waals surface area contributed by atoms with Crippen LogP contribution in [0.3, 0.4) is 0 Å². The molecule has 0 spiro atoms. The van der Waals surface area contributed by atoms with Gasteiger partial charge in [-0.05, 0) is 29.7 Å². The summed E-state index contributed by atoms with van der Waals surface area (Å²) in [7, 11) is 2.91. The summed E-state index contributed by atoms with van der Waals surface area (Å²) < 4.78 is 16.2. The maximum Gasteiger partial charge on any atom is 0.341 e. The molecule has 2 aromatic heterocycles. The number of nitrogens with zero attached hydrogens (tertiary/aromatic N) is 1. The lowest BCUT2D eigenvalue weighted by Gasteiger charge is -2.27. The number of anilines is 1. The summed E-state index contributed by atoms with van der Waals surface area (Å²) >= 11 is 1.42. The second kappa shape index (κ2) is 9.32. The molecule has 0 saturated carbocycles. The van der Waals surface area contributed by atoms with Crippen molar-refractivity contribution in [3.63, 3.8) is 0 Å². The van der Waals surface area contributed by atoms with Crippen molar-refractivity contribution < 1.29 is 23.5 Å². The van der Waals surface area contributed by atoms with E-state index >= 15 is 0 Å². The van der Waals surface area contributed by atoms with Gasteiger partial charge < -0.3 is 19.2 Å². The van der Waals surface area contributed by atoms with Crippen LogP contribution in [0, 0.1) is 0 Å². The van der Waals surface area contributed by atoms with Crippen molar-refractivity contribution in [2.45, 2.75) is 19.5 Å². The average Bonchev–Trinajstić information content (AvgIpc) is 3.45. The van der Waals surface area contributed by atoms with Gasteiger partial charge in [-0.1, -0.05) is 42.5 Å². The molecule has 0 saturated heterocycles. The van der Waals surface area contributed by atoms with Gasteiger partial charge in [0.25, 0.3) is 5.91 Å². The van der Waals surface area contributed by atoms with Crippen LogP contribution in [-0.4, -0.2) is 37.5 Å². The first-order valence-electron chi connectivity index (χ1n) is 10.9. The molecule has 0 radical (unpaired) electrons. The third kappa shape index (κ3) is 4.18. The minimum Gasteiger partial charge on any atom is -0.493 e. The molecule has 0 atom stereocenters. The molecule has 7 nitrogen and oxygen atoms in total. The Bertz CT molecular complexity index is 1360. The van der Waals surface area contributed by atoms with Crippen molar-refractivity contribution in [2.75, 3.05) is 26.1 Å². The fraction of sp³-hybridized carbons (Fsp3) is 0.231. The molecule has 2 aromatic carbocycles. The SMILES string of the molecule is COC(=O)c1c(NC(=O)c2cc3cccc(OC)c3o2)sc2c1CCN(Cc1ccccc1)C2. The minimum atomic E-state index is -0.449. The van der Waals surface area contributed by atoms with E-state index in [1.807, 2.05) is 30.3 Å². The molecule has 1 N–H and O–H groups in total. The maximum atomic E-state index is 13.1. The predicted molar refractivity (Wildman–Crippen MR) is 131 cm³/mol. The third-order valence-electron chi connectivity index (χ3n) is 5.95. The topological polar surface area (TPSA) is 81.0 Å². The summed E-state index contributed by atoms with van der Waals surface area (Å²) in [5.41, 5.74) is 3.13. The number of para-hydroxylation sites is 1. The number of hydrogen-bond donors (Lipinski definition) is 1. The van der Waals surface area contributed by atoms with Crippen molar-refractivity contribution in [3.05, 3.63) is 81.9 Å². The zero-order valence-electron chi connectivity index (χ0n) is 18.9. The molecular weight excluding hydrogens is 452 g/mol. The Morgan fingerprint density at radius 1 is 1.12 bits per heavy atom. The number of carbonyl (C=O) groups excluding carboxylic acids is 2. The van der Waals surface area contributed by atoms with Crippen molar-refractivity contribution in [1.29, 1.82) is 0 Å². The molecule has 8 heteroatoms. The first kappa shape index (κ1) is 22.2. The van der Waals surface area contributed by atoms with Gasteiger partial charge in [-0.25, -0.2) is 4.79 Å². The Balaban J connectivity index is 1.42. The van der Waals surface area contributed by atoms with E-state index in [0.29, 0.717) is 34.9 Å². The number of amides is 1. The molecule has 1 aliphatic rings. The van der Waals surface area contributed by atoms with Gasteiger partial charge in [-0.15, -0.1) is 11.3 Å². The fourth-order valence-corrected chi connectivity index (χ4v) is 5.59. The van der Waals surface area contributed by atoms with Gasteiger partial charge in [0.1, 0.15) is 5.00 Å². The van der Waals surface area contributed by atoms with Crippen LogP contribution < -0.4 is 10.1 Å². The van der Waals surface area contributed by atoms with Crippen LogP contribution in [0.25, 0.3) is 11.0 Å². The number of thiophene rings is 1. The number of nitrogens with one attached hydrogen (secondary N) is 1. The molecule has 3 heterocycles. The van der Waals surface area contributed by atoms with E-state index in [9.17, 15) is 9.59 Å². The largest absolute Gasteiger partial charge is 0.493 e. The lowest BCUT2D eigenvalue weighted by atomic mass is 10.0.